The molecule has 0 saturated carbocycles. The summed E-state index contributed by atoms with van der Waals surface area (Å²) in [6.45, 7) is 1.79. The molecule has 1 atom stereocenters. The molecule has 0 aliphatic heterocycles. The van der Waals surface area contributed by atoms with Crippen molar-refractivity contribution in [3.8, 4) is 0 Å². The van der Waals surface area contributed by atoms with Gasteiger partial charge in [-0.05, 0) is 18.6 Å². The number of hydrogen-bond donors (Lipinski definition) is 3. The van der Waals surface area contributed by atoms with E-state index in [-0.39, 0.29) is 27.7 Å². The summed E-state index contributed by atoms with van der Waals surface area (Å²) in [7, 11) is 0. The number of nitrogen functional groups attached to an aromatic ring is 1. The SMILES string of the molecule is CCC(CC(=O)O)NC(=O)c1cc(Cl)c(N)c(Cl)c1. The number of anilines is 1. The van der Waals surface area contributed by atoms with Gasteiger partial charge in [0.2, 0.25) is 0 Å². The van der Waals surface area contributed by atoms with Gasteiger partial charge in [0.1, 0.15) is 0 Å². The third-order valence-corrected chi connectivity index (χ3v) is 3.22. The van der Waals surface area contributed by atoms with E-state index in [0.717, 1.165) is 0 Å². The van der Waals surface area contributed by atoms with E-state index in [2.05, 4.69) is 5.32 Å². The lowest BCUT2D eigenvalue weighted by atomic mass is 10.1. The van der Waals surface area contributed by atoms with Crippen LogP contribution >= 0.6 is 23.2 Å². The lowest BCUT2D eigenvalue weighted by Gasteiger charge is -2.15. The Kier molecular flexibility index (Phi) is 5.44. The Bertz CT molecular complexity index is 483. The minimum Gasteiger partial charge on any atom is -0.481 e. The number of nitrogens with one attached hydrogen (secondary N) is 1. The second-order valence-electron chi connectivity index (χ2n) is 4.03. The fourth-order valence-corrected chi connectivity index (χ4v) is 1.98. The molecule has 0 fully saturated rings. The van der Waals surface area contributed by atoms with Crippen LogP contribution in [0.25, 0.3) is 0 Å². The smallest absolute Gasteiger partial charge is 0.305 e. The normalized spacial score (nSPS) is 11.9. The van der Waals surface area contributed by atoms with Crippen LogP contribution in [-0.2, 0) is 4.79 Å². The number of rotatable bonds is 5. The van der Waals surface area contributed by atoms with Gasteiger partial charge in [0, 0.05) is 11.6 Å². The van der Waals surface area contributed by atoms with Crippen LogP contribution in [0.4, 0.5) is 5.69 Å². The van der Waals surface area contributed by atoms with Crippen molar-refractivity contribution in [2.75, 3.05) is 5.73 Å². The molecule has 7 heteroatoms. The van der Waals surface area contributed by atoms with Crippen molar-refractivity contribution in [3.05, 3.63) is 27.7 Å². The molecule has 0 saturated heterocycles. The fourth-order valence-electron chi connectivity index (χ4n) is 1.49. The molecule has 1 rings (SSSR count). The Morgan fingerprint density at radius 1 is 1.37 bits per heavy atom. The zero-order valence-electron chi connectivity index (χ0n) is 10.2. The third kappa shape index (κ3) is 4.29. The number of hydrogen-bond acceptors (Lipinski definition) is 3. The molecular weight excluding hydrogens is 291 g/mol. The van der Waals surface area contributed by atoms with Crippen molar-refractivity contribution in [2.45, 2.75) is 25.8 Å². The number of benzene rings is 1. The zero-order valence-corrected chi connectivity index (χ0v) is 11.8. The van der Waals surface area contributed by atoms with Crippen molar-refractivity contribution in [1.82, 2.24) is 5.32 Å². The number of carboxylic acids is 1. The maximum Gasteiger partial charge on any atom is 0.305 e. The average Bonchev–Trinajstić information content (AvgIpc) is 2.33. The number of carboxylic acid groups (broad SMARTS) is 1. The van der Waals surface area contributed by atoms with Crippen LogP contribution in [0, 0.1) is 0 Å². The van der Waals surface area contributed by atoms with Crippen molar-refractivity contribution in [3.63, 3.8) is 0 Å². The molecule has 1 aromatic carbocycles. The molecular formula is C12H14Cl2N2O3. The number of nitrogens with two attached hydrogens (primary N) is 1. The van der Waals surface area contributed by atoms with E-state index < -0.39 is 17.9 Å². The molecule has 19 heavy (non-hydrogen) atoms. The van der Waals surface area contributed by atoms with Crippen LogP contribution in [0.2, 0.25) is 10.0 Å². The summed E-state index contributed by atoms with van der Waals surface area (Å²) in [5.74, 6) is -1.41. The highest BCUT2D eigenvalue weighted by atomic mass is 35.5. The predicted molar refractivity (Wildman–Crippen MR) is 74.7 cm³/mol. The van der Waals surface area contributed by atoms with Crippen LogP contribution < -0.4 is 11.1 Å². The summed E-state index contributed by atoms with van der Waals surface area (Å²) >= 11 is 11.7. The first-order valence-corrected chi connectivity index (χ1v) is 6.37. The van der Waals surface area contributed by atoms with Gasteiger partial charge in [-0.3, -0.25) is 9.59 Å². The van der Waals surface area contributed by atoms with Crippen molar-refractivity contribution < 1.29 is 14.7 Å². The first-order valence-electron chi connectivity index (χ1n) is 5.62. The van der Waals surface area contributed by atoms with E-state index in [0.29, 0.717) is 6.42 Å². The number of carbonyl (C=O) groups is 2. The highest BCUT2D eigenvalue weighted by molar-refractivity contribution is 6.39. The Hall–Kier alpha value is -1.46. The molecule has 1 unspecified atom stereocenters. The van der Waals surface area contributed by atoms with Gasteiger partial charge < -0.3 is 16.2 Å². The van der Waals surface area contributed by atoms with Gasteiger partial charge in [-0.15, -0.1) is 0 Å². The first-order chi connectivity index (χ1) is 8.85. The lowest BCUT2D eigenvalue weighted by Crippen LogP contribution is -2.36. The highest BCUT2D eigenvalue weighted by Gasteiger charge is 2.17. The maximum absolute atomic E-state index is 11.9. The van der Waals surface area contributed by atoms with E-state index in [1.807, 2.05) is 0 Å². The van der Waals surface area contributed by atoms with Crippen molar-refractivity contribution >= 4 is 40.8 Å². The Balaban J connectivity index is 2.86. The molecule has 0 radical (unpaired) electrons. The fraction of sp³-hybridized carbons (Fsp3) is 0.333. The predicted octanol–water partition coefficient (Wildman–Crippen LogP) is 2.56. The van der Waals surface area contributed by atoms with Crippen molar-refractivity contribution in [1.29, 1.82) is 0 Å². The van der Waals surface area contributed by atoms with Crippen LogP contribution in [0.15, 0.2) is 12.1 Å². The van der Waals surface area contributed by atoms with Gasteiger partial charge in [-0.25, -0.2) is 0 Å². The topological polar surface area (TPSA) is 92.4 Å². The molecule has 5 nitrogen and oxygen atoms in total. The minimum absolute atomic E-state index is 0.140. The number of aliphatic carboxylic acids is 1. The number of amides is 1. The van der Waals surface area contributed by atoms with E-state index in [9.17, 15) is 9.59 Å². The Labute approximate surface area is 120 Å². The van der Waals surface area contributed by atoms with E-state index >= 15 is 0 Å². The van der Waals surface area contributed by atoms with E-state index in [4.69, 9.17) is 34.0 Å². The summed E-state index contributed by atoms with van der Waals surface area (Å²) in [5, 5.41) is 11.7. The molecule has 104 valence electrons. The molecule has 4 N–H and O–H groups in total. The number of halogens is 2. The highest BCUT2D eigenvalue weighted by Crippen LogP contribution is 2.28. The van der Waals surface area contributed by atoms with Crippen LogP contribution in [0.1, 0.15) is 30.1 Å². The summed E-state index contributed by atoms with van der Waals surface area (Å²) in [4.78, 5) is 22.6. The minimum atomic E-state index is -0.972. The summed E-state index contributed by atoms with van der Waals surface area (Å²) in [6.07, 6.45) is 0.368. The van der Waals surface area contributed by atoms with Crippen molar-refractivity contribution in [2.24, 2.45) is 0 Å². The second-order valence-corrected chi connectivity index (χ2v) is 4.84. The van der Waals surface area contributed by atoms with Gasteiger partial charge >= 0.3 is 5.97 Å². The molecule has 1 amide bonds. The molecule has 1 aromatic rings. The standard InChI is InChI=1S/C12H14Cl2N2O3/c1-2-7(5-10(17)18)16-12(19)6-3-8(13)11(15)9(14)4-6/h3-4,7H,2,5,15H2,1H3,(H,16,19)(H,17,18). The van der Waals surface area contributed by atoms with Gasteiger partial charge in [0.15, 0.2) is 0 Å². The largest absolute Gasteiger partial charge is 0.481 e. The molecule has 0 spiro atoms. The maximum atomic E-state index is 11.9. The molecule has 0 heterocycles. The third-order valence-electron chi connectivity index (χ3n) is 2.59. The zero-order chi connectivity index (χ0) is 14.6. The van der Waals surface area contributed by atoms with E-state index in [1.165, 1.54) is 12.1 Å². The van der Waals surface area contributed by atoms with Crippen LogP contribution in [0.5, 0.6) is 0 Å². The summed E-state index contributed by atoms with van der Waals surface area (Å²) < 4.78 is 0. The molecule has 0 aromatic heterocycles. The number of carbonyl (C=O) groups excluding carboxylic acids is 1. The lowest BCUT2D eigenvalue weighted by molar-refractivity contribution is -0.137. The van der Waals surface area contributed by atoms with Gasteiger partial charge in [-0.1, -0.05) is 30.1 Å². The first kappa shape index (κ1) is 15.6. The Morgan fingerprint density at radius 3 is 2.32 bits per heavy atom. The van der Waals surface area contributed by atoms with Crippen LogP contribution in [0.3, 0.4) is 0 Å². The summed E-state index contributed by atoms with van der Waals surface area (Å²) in [5.41, 5.74) is 6.02. The van der Waals surface area contributed by atoms with Gasteiger partial charge in [0.25, 0.3) is 5.91 Å². The monoisotopic (exact) mass is 304 g/mol. The second kappa shape index (κ2) is 6.63. The van der Waals surface area contributed by atoms with Gasteiger partial charge in [0.05, 0.1) is 22.2 Å². The molecule has 0 bridgehead atoms. The Morgan fingerprint density at radius 2 is 1.89 bits per heavy atom. The van der Waals surface area contributed by atoms with Crippen LogP contribution in [-0.4, -0.2) is 23.0 Å². The summed E-state index contributed by atoms with van der Waals surface area (Å²) in [6, 6.07) is 2.34. The molecule has 0 aliphatic carbocycles. The average molecular weight is 305 g/mol. The molecule has 0 aliphatic rings. The van der Waals surface area contributed by atoms with Gasteiger partial charge in [-0.2, -0.15) is 0 Å². The van der Waals surface area contributed by atoms with E-state index in [1.54, 1.807) is 6.92 Å². The quantitative estimate of drug-likeness (QED) is 0.729.